The van der Waals surface area contributed by atoms with Gasteiger partial charge in [0.1, 0.15) is 19.3 Å². The number of hydrogen-bond acceptors (Lipinski definition) is 7. The lowest BCUT2D eigenvalue weighted by atomic mass is 10.0. The number of carbonyl (C=O) groups excluding carboxylic acids is 2. The van der Waals surface area contributed by atoms with Crippen LogP contribution in [-0.2, 0) is 27.9 Å². The average molecular weight is 1070 g/mol. The molecule has 0 saturated heterocycles. The van der Waals surface area contributed by atoms with E-state index in [-0.39, 0.29) is 24.9 Å². The van der Waals surface area contributed by atoms with E-state index in [0.29, 0.717) is 23.9 Å². The zero-order valence-electron chi connectivity index (χ0n) is 49.5. The van der Waals surface area contributed by atoms with Gasteiger partial charge in [-0.2, -0.15) is 0 Å². The number of quaternary nitrogens is 1. The summed E-state index contributed by atoms with van der Waals surface area (Å²) >= 11 is 0. The first-order valence-corrected chi connectivity index (χ1v) is 32.4. The molecule has 0 saturated carbocycles. The third-order valence-corrected chi connectivity index (χ3v) is 14.3. The number of amides is 1. The third kappa shape index (κ3) is 55.7. The molecule has 3 atom stereocenters. The largest absolute Gasteiger partial charge is 0.756 e. The second-order valence-electron chi connectivity index (χ2n) is 21.9. The first-order valence-electron chi connectivity index (χ1n) is 30.9. The Balaban J connectivity index is 5.23. The Morgan fingerprint density at radius 1 is 0.493 bits per heavy atom. The first-order chi connectivity index (χ1) is 36.4. The van der Waals surface area contributed by atoms with Crippen molar-refractivity contribution in [1.29, 1.82) is 0 Å². The number of carbonyl (C=O) groups is 2. The molecule has 0 aromatic heterocycles. The lowest BCUT2D eigenvalue weighted by molar-refractivity contribution is -0.870. The Hall–Kier alpha value is -2.81. The predicted molar refractivity (Wildman–Crippen MR) is 321 cm³/mol. The van der Waals surface area contributed by atoms with Gasteiger partial charge in [0.25, 0.3) is 7.82 Å². The number of nitrogens with zero attached hydrogens (tertiary/aromatic N) is 1. The van der Waals surface area contributed by atoms with Crippen LogP contribution < -0.4 is 10.2 Å². The van der Waals surface area contributed by atoms with Crippen LogP contribution in [0.15, 0.2) is 85.1 Å². The molecule has 0 radical (unpaired) electrons. The van der Waals surface area contributed by atoms with Gasteiger partial charge < -0.3 is 28.5 Å². The maximum atomic E-state index is 13.5. The van der Waals surface area contributed by atoms with Gasteiger partial charge in [-0.3, -0.25) is 14.2 Å². The minimum Gasteiger partial charge on any atom is -0.756 e. The molecule has 1 N–H and O–H groups in total. The highest BCUT2D eigenvalue weighted by atomic mass is 31.2. The summed E-state index contributed by atoms with van der Waals surface area (Å²) in [7, 11) is 1.16. The van der Waals surface area contributed by atoms with Gasteiger partial charge in [-0.1, -0.05) is 247 Å². The molecule has 0 spiro atoms. The van der Waals surface area contributed by atoms with Gasteiger partial charge in [0.15, 0.2) is 0 Å². The fourth-order valence-electron chi connectivity index (χ4n) is 8.59. The summed E-state index contributed by atoms with van der Waals surface area (Å²) in [5.41, 5.74) is 0. The molecule has 0 aromatic carbocycles. The van der Waals surface area contributed by atoms with Gasteiger partial charge >= 0.3 is 5.97 Å². The van der Waals surface area contributed by atoms with Crippen molar-refractivity contribution >= 4 is 19.7 Å². The van der Waals surface area contributed by atoms with Crippen molar-refractivity contribution in [2.45, 2.75) is 277 Å². The van der Waals surface area contributed by atoms with E-state index < -0.39 is 26.6 Å². The number of unbranched alkanes of at least 4 members (excludes halogenated alkanes) is 29. The van der Waals surface area contributed by atoms with Gasteiger partial charge in [-0.25, -0.2) is 0 Å². The fraction of sp³-hybridized carbons (Fsp3) is 0.754. The summed E-state index contributed by atoms with van der Waals surface area (Å²) in [6.45, 7) is 6.66. The van der Waals surface area contributed by atoms with Gasteiger partial charge in [-0.05, 0) is 89.5 Å². The zero-order chi connectivity index (χ0) is 55.0. The molecule has 0 aliphatic heterocycles. The number of allylic oxidation sites excluding steroid dienone is 13. The van der Waals surface area contributed by atoms with Crippen LogP contribution in [0.4, 0.5) is 0 Å². The number of esters is 1. The summed E-state index contributed by atoms with van der Waals surface area (Å²) in [5, 5.41) is 3.01. The van der Waals surface area contributed by atoms with Crippen LogP contribution >= 0.6 is 7.82 Å². The number of hydrogen-bond donors (Lipinski definition) is 1. The van der Waals surface area contributed by atoms with Crippen molar-refractivity contribution in [2.75, 3.05) is 40.9 Å². The quantitative estimate of drug-likeness (QED) is 0.0161. The molecule has 0 bridgehead atoms. The number of ether oxygens (including phenoxy) is 1. The van der Waals surface area contributed by atoms with Crippen molar-refractivity contribution in [2.24, 2.45) is 0 Å². The Morgan fingerprint density at radius 2 is 0.907 bits per heavy atom. The summed E-state index contributed by atoms with van der Waals surface area (Å²) in [5.74, 6) is -0.570. The van der Waals surface area contributed by atoms with Crippen LogP contribution in [0.25, 0.3) is 0 Å². The van der Waals surface area contributed by atoms with E-state index in [1.165, 1.54) is 122 Å². The highest BCUT2D eigenvalue weighted by molar-refractivity contribution is 7.45. The van der Waals surface area contributed by atoms with Crippen molar-refractivity contribution in [3.63, 3.8) is 0 Å². The van der Waals surface area contributed by atoms with Gasteiger partial charge in [-0.15, -0.1) is 0 Å². The predicted octanol–water partition coefficient (Wildman–Crippen LogP) is 18.4. The van der Waals surface area contributed by atoms with Crippen LogP contribution in [-0.4, -0.2) is 69.4 Å². The molecule has 0 aliphatic carbocycles. The number of phosphoric acid groups is 1. The average Bonchev–Trinajstić information content (AvgIpc) is 3.37. The van der Waals surface area contributed by atoms with Crippen LogP contribution in [0, 0.1) is 0 Å². The van der Waals surface area contributed by atoms with E-state index in [0.717, 1.165) is 103 Å². The van der Waals surface area contributed by atoms with Crippen molar-refractivity contribution in [1.82, 2.24) is 5.32 Å². The van der Waals surface area contributed by atoms with Crippen molar-refractivity contribution in [3.05, 3.63) is 85.1 Å². The van der Waals surface area contributed by atoms with Gasteiger partial charge in [0.2, 0.25) is 5.91 Å². The highest BCUT2D eigenvalue weighted by Gasteiger charge is 2.27. The van der Waals surface area contributed by atoms with Crippen molar-refractivity contribution in [3.8, 4) is 0 Å². The highest BCUT2D eigenvalue weighted by Crippen LogP contribution is 2.38. The molecule has 0 aromatic rings. The molecule has 0 fully saturated rings. The molecule has 75 heavy (non-hydrogen) atoms. The number of likely N-dealkylation sites (N-methyl/N-ethyl adjacent to an activating group) is 1. The minimum atomic E-state index is -4.71. The molecule has 1 amide bonds. The lowest BCUT2D eigenvalue weighted by Crippen LogP contribution is -2.47. The molecule has 0 aliphatic rings. The first kappa shape index (κ1) is 72.2. The number of nitrogens with one attached hydrogen (secondary N) is 1. The van der Waals surface area contributed by atoms with Crippen LogP contribution in [0.2, 0.25) is 0 Å². The molecule has 10 heteroatoms. The van der Waals surface area contributed by atoms with Crippen LogP contribution in [0.3, 0.4) is 0 Å². The molecule has 9 nitrogen and oxygen atoms in total. The molecule has 0 heterocycles. The maximum absolute atomic E-state index is 13.5. The number of phosphoric ester groups is 1. The lowest BCUT2D eigenvalue weighted by Gasteiger charge is -2.30. The van der Waals surface area contributed by atoms with Gasteiger partial charge in [0, 0.05) is 12.8 Å². The maximum Gasteiger partial charge on any atom is 0.306 e. The smallest absolute Gasteiger partial charge is 0.306 e. The summed E-state index contributed by atoms with van der Waals surface area (Å²) in [6.07, 6.45) is 71.2. The number of rotatable bonds is 55. The van der Waals surface area contributed by atoms with E-state index in [1.807, 2.05) is 39.4 Å². The van der Waals surface area contributed by atoms with Crippen LogP contribution in [0.1, 0.15) is 265 Å². The van der Waals surface area contributed by atoms with Gasteiger partial charge in [0.05, 0.1) is 33.8 Å². The fourth-order valence-corrected chi connectivity index (χ4v) is 9.31. The van der Waals surface area contributed by atoms with Crippen LogP contribution in [0.5, 0.6) is 0 Å². The minimum absolute atomic E-state index is 0.0304. The zero-order valence-corrected chi connectivity index (χ0v) is 50.4. The Labute approximate surface area is 463 Å². The normalized spacial score (nSPS) is 14.3. The second-order valence-corrected chi connectivity index (χ2v) is 23.3. The van der Waals surface area contributed by atoms with E-state index in [4.69, 9.17) is 13.8 Å². The van der Waals surface area contributed by atoms with Crippen molar-refractivity contribution < 1.29 is 37.3 Å². The summed E-state index contributed by atoms with van der Waals surface area (Å²) in [4.78, 5) is 39.9. The molecule has 3 unspecified atom stereocenters. The standard InChI is InChI=1S/C65H117N2O7P/c1-7-10-13-16-19-22-25-28-29-30-31-32-33-34-35-36-37-40-43-46-49-52-55-58-65(69)74-63(56-53-50-47-44-41-38-26-23-20-17-14-11-8-2)62(61-73-75(70,71)72-60-59-67(4,5)6)66-64(68)57-54-51-48-45-42-39-27-24-21-18-15-12-9-3/h12,15,18-19,21-22,24,27-29,31-32,53,56,62-63H,7-11,13-14,16-17,20,23,25-26,30,33-52,54-55,57-61H2,1-6H3,(H-,66,68,70,71)/b15-12+,21-18+,22-19-,27-24-,29-28-,32-31-,56-53-. The summed E-state index contributed by atoms with van der Waals surface area (Å²) in [6, 6.07) is -0.904. The van der Waals surface area contributed by atoms with E-state index in [1.54, 1.807) is 0 Å². The second kappa shape index (κ2) is 54.5. The topological polar surface area (TPSA) is 114 Å². The van der Waals surface area contributed by atoms with E-state index in [9.17, 15) is 19.0 Å². The monoisotopic (exact) mass is 1070 g/mol. The molecular formula is C65H117N2O7P. The van der Waals surface area contributed by atoms with E-state index >= 15 is 0 Å². The molecular weight excluding hydrogens is 952 g/mol. The van der Waals surface area contributed by atoms with E-state index in [2.05, 4.69) is 92.9 Å². The molecule has 0 rings (SSSR count). The Morgan fingerprint density at radius 3 is 1.41 bits per heavy atom. The SMILES string of the molecule is CC/C=C/C=C/C=C\CCCCCCCC(=O)NC(COP(=O)([O-])OCC[N+](C)(C)C)C(/C=C\CCCCCCCCCCCCC)OC(=O)CCCCCCCCCCCC/C=C\C/C=C\C/C=C\CCCCC. The Bertz CT molecular complexity index is 1560. The molecule has 434 valence electrons. The third-order valence-electron chi connectivity index (χ3n) is 13.4. The Kier molecular flexibility index (Phi) is 52.5. The summed E-state index contributed by atoms with van der Waals surface area (Å²) < 4.78 is 30.3.